The predicted molar refractivity (Wildman–Crippen MR) is 53.0 cm³/mol. The minimum absolute atomic E-state index is 0.0276. The van der Waals surface area contributed by atoms with Gasteiger partial charge >= 0.3 is 0 Å². The van der Waals surface area contributed by atoms with Crippen molar-refractivity contribution in [3.63, 3.8) is 0 Å². The smallest absolute Gasteiger partial charge is 0.159 e. The van der Waals surface area contributed by atoms with E-state index in [1.165, 1.54) is 6.07 Å². The molecule has 0 aliphatic heterocycles. The average Bonchev–Trinajstić information content (AvgIpc) is 2.20. The Morgan fingerprint density at radius 1 is 1.00 bits per heavy atom. The number of halogens is 2. The fraction of sp³-hybridized carbons (Fsp3) is 0.333. The molecule has 0 atom stereocenters. The molecule has 0 heterocycles. The van der Waals surface area contributed by atoms with Gasteiger partial charge in [0.2, 0.25) is 0 Å². The van der Waals surface area contributed by atoms with Crippen LogP contribution in [0.1, 0.15) is 30.7 Å². The quantitative estimate of drug-likeness (QED) is 0.686. The van der Waals surface area contributed by atoms with Crippen LogP contribution in [0.3, 0.4) is 0 Å². The molecule has 1 aromatic rings. The van der Waals surface area contributed by atoms with Crippen molar-refractivity contribution in [1.82, 2.24) is 0 Å². The average molecular weight is 224 g/mol. The molecular formula is C12H10F2O2. The second kappa shape index (κ2) is 4.12. The number of hydrogen-bond acceptors (Lipinski definition) is 2. The molecule has 0 unspecified atom stereocenters. The van der Waals surface area contributed by atoms with E-state index in [-0.39, 0.29) is 36.7 Å². The molecule has 0 N–H and O–H groups in total. The molecule has 0 aromatic heterocycles. The molecule has 4 heteroatoms. The molecular weight excluding hydrogens is 214 g/mol. The zero-order chi connectivity index (χ0) is 11.7. The van der Waals surface area contributed by atoms with E-state index in [1.807, 2.05) is 0 Å². The molecule has 1 aliphatic carbocycles. The lowest BCUT2D eigenvalue weighted by molar-refractivity contribution is -0.130. The first kappa shape index (κ1) is 10.9. The van der Waals surface area contributed by atoms with E-state index in [0.29, 0.717) is 5.56 Å². The molecule has 0 spiro atoms. The van der Waals surface area contributed by atoms with Crippen LogP contribution in [0, 0.1) is 11.6 Å². The third kappa shape index (κ3) is 2.15. The predicted octanol–water partition coefficient (Wildman–Crippen LogP) is 2.37. The van der Waals surface area contributed by atoms with Gasteiger partial charge in [0.05, 0.1) is 6.42 Å². The third-order valence-electron chi connectivity index (χ3n) is 2.76. The number of ketones is 2. The monoisotopic (exact) mass is 224 g/mol. The van der Waals surface area contributed by atoms with E-state index in [0.717, 1.165) is 12.1 Å². The summed E-state index contributed by atoms with van der Waals surface area (Å²) in [4.78, 5) is 22.4. The molecule has 0 amide bonds. The van der Waals surface area contributed by atoms with Crippen LogP contribution in [-0.2, 0) is 9.59 Å². The van der Waals surface area contributed by atoms with Crippen LogP contribution in [0.25, 0.3) is 0 Å². The first-order valence-electron chi connectivity index (χ1n) is 5.04. The molecule has 16 heavy (non-hydrogen) atoms. The maximum atomic E-state index is 13.0. The van der Waals surface area contributed by atoms with Gasteiger partial charge < -0.3 is 0 Å². The van der Waals surface area contributed by atoms with Gasteiger partial charge in [-0.25, -0.2) is 8.78 Å². The van der Waals surface area contributed by atoms with Gasteiger partial charge in [-0.15, -0.1) is 0 Å². The van der Waals surface area contributed by atoms with Crippen LogP contribution in [0.15, 0.2) is 18.2 Å². The molecule has 84 valence electrons. The van der Waals surface area contributed by atoms with Crippen molar-refractivity contribution in [2.24, 2.45) is 0 Å². The molecule has 1 aromatic carbocycles. The van der Waals surface area contributed by atoms with Crippen LogP contribution in [0.5, 0.6) is 0 Å². The Bertz CT molecular complexity index is 438. The summed E-state index contributed by atoms with van der Waals surface area (Å²) in [7, 11) is 0. The van der Waals surface area contributed by atoms with Crippen molar-refractivity contribution in [2.75, 3.05) is 0 Å². The van der Waals surface area contributed by atoms with Crippen molar-refractivity contribution < 1.29 is 18.4 Å². The molecule has 1 aliphatic rings. The van der Waals surface area contributed by atoms with Gasteiger partial charge in [-0.05, 0) is 23.6 Å². The van der Waals surface area contributed by atoms with Crippen molar-refractivity contribution >= 4 is 11.6 Å². The standard InChI is InChI=1S/C12H10F2O2/c13-11-2-1-7(5-12(11)14)8-3-9(15)6-10(16)4-8/h1-2,5,8H,3-4,6H2. The lowest BCUT2D eigenvalue weighted by atomic mass is 9.83. The summed E-state index contributed by atoms with van der Waals surface area (Å²) in [6.45, 7) is 0. The Morgan fingerprint density at radius 2 is 1.62 bits per heavy atom. The first-order valence-corrected chi connectivity index (χ1v) is 5.04. The Hall–Kier alpha value is -1.58. The Balaban J connectivity index is 2.26. The molecule has 0 saturated heterocycles. The van der Waals surface area contributed by atoms with E-state index in [2.05, 4.69) is 0 Å². The van der Waals surface area contributed by atoms with E-state index in [1.54, 1.807) is 0 Å². The van der Waals surface area contributed by atoms with Gasteiger partial charge in [-0.1, -0.05) is 6.07 Å². The summed E-state index contributed by atoms with van der Waals surface area (Å²) >= 11 is 0. The lowest BCUT2D eigenvalue weighted by Crippen LogP contribution is -2.21. The summed E-state index contributed by atoms with van der Waals surface area (Å²) in [6.07, 6.45) is 0.438. The fourth-order valence-corrected chi connectivity index (χ4v) is 1.99. The van der Waals surface area contributed by atoms with E-state index >= 15 is 0 Å². The fourth-order valence-electron chi connectivity index (χ4n) is 1.99. The molecule has 1 saturated carbocycles. The highest BCUT2D eigenvalue weighted by atomic mass is 19.2. The van der Waals surface area contributed by atoms with Crippen molar-refractivity contribution in [1.29, 1.82) is 0 Å². The zero-order valence-corrected chi connectivity index (χ0v) is 8.50. The normalized spacial score (nSPS) is 17.9. The van der Waals surface area contributed by atoms with Crippen LogP contribution < -0.4 is 0 Å². The summed E-state index contributed by atoms with van der Waals surface area (Å²) in [5.74, 6) is -2.43. The highest BCUT2D eigenvalue weighted by Gasteiger charge is 2.26. The minimum atomic E-state index is -0.942. The van der Waals surface area contributed by atoms with E-state index < -0.39 is 11.6 Å². The number of rotatable bonds is 1. The first-order chi connectivity index (χ1) is 7.56. The second-order valence-electron chi connectivity index (χ2n) is 4.03. The zero-order valence-electron chi connectivity index (χ0n) is 8.50. The summed E-state index contributed by atoms with van der Waals surface area (Å²) in [5.41, 5.74) is 0.514. The van der Waals surface area contributed by atoms with Crippen LogP contribution in [0.2, 0.25) is 0 Å². The van der Waals surface area contributed by atoms with Crippen LogP contribution in [0.4, 0.5) is 8.78 Å². The van der Waals surface area contributed by atoms with E-state index in [4.69, 9.17) is 0 Å². The number of carbonyl (C=O) groups excluding carboxylic acids is 2. The molecule has 0 bridgehead atoms. The summed E-state index contributed by atoms with van der Waals surface area (Å²) in [5, 5.41) is 0. The van der Waals surface area contributed by atoms with Gasteiger partial charge in [-0.2, -0.15) is 0 Å². The SMILES string of the molecule is O=C1CC(=O)CC(c2ccc(F)c(F)c2)C1. The summed E-state index contributed by atoms with van der Waals surface area (Å²) in [6, 6.07) is 3.51. The maximum Gasteiger partial charge on any atom is 0.159 e. The van der Waals surface area contributed by atoms with Crippen molar-refractivity contribution in [2.45, 2.75) is 25.2 Å². The van der Waals surface area contributed by atoms with Gasteiger partial charge in [0.25, 0.3) is 0 Å². The maximum absolute atomic E-state index is 13.0. The number of hydrogen-bond donors (Lipinski definition) is 0. The van der Waals surface area contributed by atoms with Gasteiger partial charge in [0.15, 0.2) is 11.6 Å². The topological polar surface area (TPSA) is 34.1 Å². The summed E-state index contributed by atoms with van der Waals surface area (Å²) < 4.78 is 25.7. The minimum Gasteiger partial charge on any atom is -0.299 e. The lowest BCUT2D eigenvalue weighted by Gasteiger charge is -2.20. The Kier molecular flexibility index (Phi) is 2.81. The second-order valence-corrected chi connectivity index (χ2v) is 4.03. The Morgan fingerprint density at radius 3 is 2.19 bits per heavy atom. The Labute approximate surface area is 91.3 Å². The number of carbonyl (C=O) groups is 2. The van der Waals surface area contributed by atoms with Gasteiger partial charge in [-0.3, -0.25) is 9.59 Å². The van der Waals surface area contributed by atoms with Crippen molar-refractivity contribution in [3.05, 3.63) is 35.4 Å². The number of benzene rings is 1. The molecule has 1 fully saturated rings. The largest absolute Gasteiger partial charge is 0.299 e. The molecule has 2 rings (SSSR count). The molecule has 2 nitrogen and oxygen atoms in total. The highest BCUT2D eigenvalue weighted by Crippen LogP contribution is 2.29. The van der Waals surface area contributed by atoms with Gasteiger partial charge in [0.1, 0.15) is 11.6 Å². The van der Waals surface area contributed by atoms with Crippen molar-refractivity contribution in [3.8, 4) is 0 Å². The van der Waals surface area contributed by atoms with Crippen LogP contribution in [-0.4, -0.2) is 11.6 Å². The van der Waals surface area contributed by atoms with E-state index in [9.17, 15) is 18.4 Å². The highest BCUT2D eigenvalue weighted by molar-refractivity contribution is 6.02. The third-order valence-corrected chi connectivity index (χ3v) is 2.76. The van der Waals surface area contributed by atoms with Crippen LogP contribution >= 0.6 is 0 Å². The molecule has 0 radical (unpaired) electrons. The van der Waals surface area contributed by atoms with Gasteiger partial charge in [0, 0.05) is 12.8 Å². The number of Topliss-reactive ketones (excluding diaryl/α,β-unsaturated/α-hetero) is 2.